The Kier molecular flexibility index (Phi) is 3.91. The zero-order valence-electron chi connectivity index (χ0n) is 10.0. The van der Waals surface area contributed by atoms with Crippen molar-refractivity contribution in [3.8, 4) is 0 Å². The number of hydrogen-bond acceptors (Lipinski definition) is 2. The number of benzene rings is 2. The molecule has 0 saturated carbocycles. The van der Waals surface area contributed by atoms with Crippen LogP contribution in [0.3, 0.4) is 0 Å². The fraction of sp³-hybridized carbons (Fsp3) is 0.0769. The Bertz CT molecular complexity index is 679. The predicted octanol–water partition coefficient (Wildman–Crippen LogP) is 3.70. The standard InChI is InChI=1S/C13H11BrFNO2S/c1-9-3-2-4-12(15)13(9)16-19(17,18)11-7-5-10(14)6-8-11/h2-8,16H,1H3. The zero-order valence-corrected chi connectivity index (χ0v) is 12.4. The third-order valence-corrected chi connectivity index (χ3v) is 4.48. The van der Waals surface area contributed by atoms with Gasteiger partial charge in [0.15, 0.2) is 0 Å². The quantitative estimate of drug-likeness (QED) is 0.923. The maximum Gasteiger partial charge on any atom is 0.261 e. The van der Waals surface area contributed by atoms with Gasteiger partial charge in [-0.1, -0.05) is 28.1 Å². The molecule has 0 bridgehead atoms. The molecule has 0 radical (unpaired) electrons. The number of hydrogen-bond donors (Lipinski definition) is 1. The number of rotatable bonds is 3. The summed E-state index contributed by atoms with van der Waals surface area (Å²) in [6.07, 6.45) is 0. The van der Waals surface area contributed by atoms with E-state index in [1.54, 1.807) is 25.1 Å². The largest absolute Gasteiger partial charge is 0.276 e. The first-order valence-corrected chi connectivity index (χ1v) is 7.71. The molecule has 3 nitrogen and oxygen atoms in total. The maximum atomic E-state index is 13.6. The van der Waals surface area contributed by atoms with Crippen molar-refractivity contribution >= 4 is 31.6 Å². The highest BCUT2D eigenvalue weighted by atomic mass is 79.9. The second-order valence-electron chi connectivity index (χ2n) is 3.99. The molecule has 0 aliphatic carbocycles. The first-order chi connectivity index (χ1) is 8.90. The molecule has 0 aliphatic rings. The highest BCUT2D eigenvalue weighted by molar-refractivity contribution is 9.10. The molecule has 2 aromatic carbocycles. The number of aryl methyl sites for hydroxylation is 1. The molecule has 0 heterocycles. The molecule has 0 spiro atoms. The van der Waals surface area contributed by atoms with Crippen LogP contribution >= 0.6 is 15.9 Å². The van der Waals surface area contributed by atoms with Gasteiger partial charge in [-0.05, 0) is 42.8 Å². The molecule has 0 saturated heterocycles. The molecule has 0 fully saturated rings. The zero-order chi connectivity index (χ0) is 14.0. The smallest absolute Gasteiger partial charge is 0.261 e. The Labute approximate surface area is 119 Å². The van der Waals surface area contributed by atoms with Gasteiger partial charge in [-0.3, -0.25) is 4.72 Å². The SMILES string of the molecule is Cc1cccc(F)c1NS(=O)(=O)c1ccc(Br)cc1. The van der Waals surface area contributed by atoms with Gasteiger partial charge in [0.1, 0.15) is 5.82 Å². The van der Waals surface area contributed by atoms with E-state index in [0.29, 0.717) is 5.56 Å². The van der Waals surface area contributed by atoms with Gasteiger partial charge in [0, 0.05) is 4.47 Å². The van der Waals surface area contributed by atoms with E-state index in [0.717, 1.165) is 4.47 Å². The van der Waals surface area contributed by atoms with Crippen LogP contribution < -0.4 is 4.72 Å². The molecule has 6 heteroatoms. The fourth-order valence-electron chi connectivity index (χ4n) is 1.57. The van der Waals surface area contributed by atoms with Crippen LogP contribution in [-0.2, 0) is 10.0 Å². The maximum absolute atomic E-state index is 13.6. The lowest BCUT2D eigenvalue weighted by molar-refractivity contribution is 0.598. The third kappa shape index (κ3) is 3.13. The van der Waals surface area contributed by atoms with Gasteiger partial charge in [-0.15, -0.1) is 0 Å². The fourth-order valence-corrected chi connectivity index (χ4v) is 2.97. The highest BCUT2D eigenvalue weighted by Gasteiger charge is 2.17. The lowest BCUT2D eigenvalue weighted by atomic mass is 10.2. The summed E-state index contributed by atoms with van der Waals surface area (Å²) in [7, 11) is -3.79. The molecular weight excluding hydrogens is 333 g/mol. The Morgan fingerprint density at radius 3 is 2.32 bits per heavy atom. The lowest BCUT2D eigenvalue weighted by Crippen LogP contribution is -2.14. The number of nitrogens with one attached hydrogen (secondary N) is 1. The first-order valence-electron chi connectivity index (χ1n) is 5.43. The van der Waals surface area contributed by atoms with Crippen molar-refractivity contribution in [3.63, 3.8) is 0 Å². The average Bonchev–Trinajstić information content (AvgIpc) is 2.35. The monoisotopic (exact) mass is 343 g/mol. The van der Waals surface area contributed by atoms with Crippen molar-refractivity contribution in [2.75, 3.05) is 4.72 Å². The van der Waals surface area contributed by atoms with Gasteiger partial charge in [-0.2, -0.15) is 0 Å². The van der Waals surface area contributed by atoms with Crippen molar-refractivity contribution in [1.29, 1.82) is 0 Å². The summed E-state index contributed by atoms with van der Waals surface area (Å²) < 4.78 is 40.9. The summed E-state index contributed by atoms with van der Waals surface area (Å²) in [5.41, 5.74) is 0.506. The summed E-state index contributed by atoms with van der Waals surface area (Å²) in [6, 6.07) is 10.5. The molecule has 0 atom stereocenters. The minimum absolute atomic E-state index is 0.0228. The summed E-state index contributed by atoms with van der Waals surface area (Å²) in [5.74, 6) is -0.597. The van der Waals surface area contributed by atoms with Crippen LogP contribution in [0.2, 0.25) is 0 Å². The van der Waals surface area contributed by atoms with Crippen LogP contribution in [0.1, 0.15) is 5.56 Å². The van der Waals surface area contributed by atoms with Crippen molar-refractivity contribution < 1.29 is 12.8 Å². The Morgan fingerprint density at radius 2 is 1.74 bits per heavy atom. The Morgan fingerprint density at radius 1 is 1.11 bits per heavy atom. The number of anilines is 1. The third-order valence-electron chi connectivity index (χ3n) is 2.58. The van der Waals surface area contributed by atoms with Gasteiger partial charge in [-0.25, -0.2) is 12.8 Å². The topological polar surface area (TPSA) is 46.2 Å². The highest BCUT2D eigenvalue weighted by Crippen LogP contribution is 2.23. The first kappa shape index (κ1) is 14.0. The van der Waals surface area contributed by atoms with Crippen LogP contribution in [0, 0.1) is 12.7 Å². The normalized spacial score (nSPS) is 11.3. The van der Waals surface area contributed by atoms with Crippen LogP contribution in [-0.4, -0.2) is 8.42 Å². The lowest BCUT2D eigenvalue weighted by Gasteiger charge is -2.11. The van der Waals surface area contributed by atoms with E-state index < -0.39 is 15.8 Å². The summed E-state index contributed by atoms with van der Waals surface area (Å²) in [6.45, 7) is 1.64. The molecule has 1 N–H and O–H groups in total. The average molecular weight is 344 g/mol. The molecule has 19 heavy (non-hydrogen) atoms. The molecule has 100 valence electrons. The Hall–Kier alpha value is -1.40. The van der Waals surface area contributed by atoms with E-state index in [2.05, 4.69) is 20.7 Å². The molecule has 2 rings (SSSR count). The van der Waals surface area contributed by atoms with Crippen molar-refractivity contribution in [2.45, 2.75) is 11.8 Å². The summed E-state index contributed by atoms with van der Waals surface area (Å²) >= 11 is 3.23. The van der Waals surface area contributed by atoms with Crippen molar-refractivity contribution in [3.05, 3.63) is 58.3 Å². The van der Waals surface area contributed by atoms with Crippen LogP contribution in [0.15, 0.2) is 51.8 Å². The van der Waals surface area contributed by atoms with Gasteiger partial charge in [0.05, 0.1) is 10.6 Å². The van der Waals surface area contributed by atoms with Crippen LogP contribution in [0.5, 0.6) is 0 Å². The molecule has 0 amide bonds. The second-order valence-corrected chi connectivity index (χ2v) is 6.59. The van der Waals surface area contributed by atoms with E-state index in [-0.39, 0.29) is 10.6 Å². The van der Waals surface area contributed by atoms with E-state index in [1.165, 1.54) is 24.3 Å². The summed E-state index contributed by atoms with van der Waals surface area (Å²) in [4.78, 5) is 0.0818. The van der Waals surface area contributed by atoms with E-state index >= 15 is 0 Å². The second kappa shape index (κ2) is 5.30. The number of para-hydroxylation sites is 1. The van der Waals surface area contributed by atoms with Crippen molar-refractivity contribution in [2.24, 2.45) is 0 Å². The minimum Gasteiger partial charge on any atom is -0.276 e. The van der Waals surface area contributed by atoms with Gasteiger partial charge in [0.25, 0.3) is 10.0 Å². The molecule has 0 aliphatic heterocycles. The number of sulfonamides is 1. The van der Waals surface area contributed by atoms with Crippen LogP contribution in [0.25, 0.3) is 0 Å². The predicted molar refractivity (Wildman–Crippen MR) is 76.1 cm³/mol. The van der Waals surface area contributed by atoms with Gasteiger partial charge >= 0.3 is 0 Å². The molecule has 2 aromatic rings. The van der Waals surface area contributed by atoms with E-state index in [1.807, 2.05) is 0 Å². The van der Waals surface area contributed by atoms with Crippen molar-refractivity contribution in [1.82, 2.24) is 0 Å². The van der Waals surface area contributed by atoms with E-state index in [9.17, 15) is 12.8 Å². The molecule has 0 unspecified atom stereocenters. The summed E-state index contributed by atoms with van der Waals surface area (Å²) in [5, 5.41) is 0. The number of halogens is 2. The minimum atomic E-state index is -3.79. The molecule has 0 aromatic heterocycles. The van der Waals surface area contributed by atoms with Gasteiger partial charge in [0.2, 0.25) is 0 Å². The molecular formula is C13H11BrFNO2S. The van der Waals surface area contributed by atoms with Crippen LogP contribution in [0.4, 0.5) is 10.1 Å². The van der Waals surface area contributed by atoms with E-state index in [4.69, 9.17) is 0 Å². The van der Waals surface area contributed by atoms with Gasteiger partial charge < -0.3 is 0 Å². The Balaban J connectivity index is 2.39.